The van der Waals surface area contributed by atoms with E-state index in [1.807, 2.05) is 19.9 Å². The maximum absolute atomic E-state index is 11.5. The molecular formula is C11H16ClN3O. The van der Waals surface area contributed by atoms with Crippen molar-refractivity contribution in [3.8, 4) is 0 Å². The van der Waals surface area contributed by atoms with Crippen LogP contribution in [0, 0.1) is 13.8 Å². The van der Waals surface area contributed by atoms with Gasteiger partial charge in [-0.15, -0.1) is 11.6 Å². The van der Waals surface area contributed by atoms with Crippen LogP contribution in [-0.2, 0) is 4.79 Å². The molecular weight excluding hydrogens is 226 g/mol. The molecule has 0 bridgehead atoms. The fraction of sp³-hybridized carbons (Fsp3) is 0.545. The van der Waals surface area contributed by atoms with Gasteiger partial charge in [-0.2, -0.15) is 0 Å². The lowest BCUT2D eigenvalue weighted by atomic mass is 10.2. The summed E-state index contributed by atoms with van der Waals surface area (Å²) < 4.78 is 0. The number of nitrogens with zero attached hydrogens (tertiary/aromatic N) is 2. The van der Waals surface area contributed by atoms with E-state index >= 15 is 0 Å². The van der Waals surface area contributed by atoms with Crippen LogP contribution < -0.4 is 5.32 Å². The summed E-state index contributed by atoms with van der Waals surface area (Å²) in [6.07, 6.45) is 2.10. The summed E-state index contributed by atoms with van der Waals surface area (Å²) in [6.45, 7) is 3.75. The second kappa shape index (κ2) is 6.43. The van der Waals surface area contributed by atoms with Gasteiger partial charge >= 0.3 is 0 Å². The predicted octanol–water partition coefficient (Wildman–Crippen LogP) is 2.44. The van der Waals surface area contributed by atoms with Crippen molar-refractivity contribution >= 4 is 23.5 Å². The SMILES string of the molecule is Cc1cc(C)nc(NC(=O)CCCCCl)n1. The number of rotatable bonds is 5. The van der Waals surface area contributed by atoms with E-state index in [1.54, 1.807) is 0 Å². The minimum atomic E-state index is -0.0601. The van der Waals surface area contributed by atoms with Crippen molar-refractivity contribution in [2.75, 3.05) is 11.2 Å². The molecule has 88 valence electrons. The van der Waals surface area contributed by atoms with Gasteiger partial charge in [-0.25, -0.2) is 9.97 Å². The van der Waals surface area contributed by atoms with Crippen LogP contribution >= 0.6 is 11.6 Å². The van der Waals surface area contributed by atoms with Crippen molar-refractivity contribution < 1.29 is 4.79 Å². The normalized spacial score (nSPS) is 10.2. The summed E-state index contributed by atoms with van der Waals surface area (Å²) in [6, 6.07) is 1.86. The van der Waals surface area contributed by atoms with Crippen molar-refractivity contribution in [1.82, 2.24) is 9.97 Å². The third-order valence-electron chi connectivity index (χ3n) is 2.02. The van der Waals surface area contributed by atoms with E-state index in [-0.39, 0.29) is 5.91 Å². The lowest BCUT2D eigenvalue weighted by Gasteiger charge is -2.04. The third-order valence-corrected chi connectivity index (χ3v) is 2.29. The molecule has 0 aliphatic heterocycles. The van der Waals surface area contributed by atoms with E-state index in [2.05, 4.69) is 15.3 Å². The summed E-state index contributed by atoms with van der Waals surface area (Å²) in [5, 5.41) is 2.68. The van der Waals surface area contributed by atoms with Crippen LogP contribution in [0.4, 0.5) is 5.95 Å². The molecule has 4 nitrogen and oxygen atoms in total. The highest BCUT2D eigenvalue weighted by molar-refractivity contribution is 6.17. The molecule has 0 radical (unpaired) electrons. The highest BCUT2D eigenvalue weighted by Crippen LogP contribution is 2.05. The van der Waals surface area contributed by atoms with Crippen LogP contribution in [0.5, 0.6) is 0 Å². The molecule has 16 heavy (non-hydrogen) atoms. The fourth-order valence-electron chi connectivity index (χ4n) is 1.35. The van der Waals surface area contributed by atoms with Gasteiger partial charge in [-0.3, -0.25) is 10.1 Å². The van der Waals surface area contributed by atoms with Gasteiger partial charge in [0, 0.05) is 23.7 Å². The highest BCUT2D eigenvalue weighted by atomic mass is 35.5. The number of carbonyl (C=O) groups excluding carboxylic acids is 1. The third kappa shape index (κ3) is 4.57. The monoisotopic (exact) mass is 241 g/mol. The molecule has 0 saturated heterocycles. The molecule has 5 heteroatoms. The average molecular weight is 242 g/mol. The van der Waals surface area contributed by atoms with E-state index in [1.165, 1.54) is 0 Å². The van der Waals surface area contributed by atoms with Crippen molar-refractivity contribution in [3.05, 3.63) is 17.5 Å². The lowest BCUT2D eigenvalue weighted by molar-refractivity contribution is -0.116. The van der Waals surface area contributed by atoms with Crippen molar-refractivity contribution in [3.63, 3.8) is 0 Å². The number of alkyl halides is 1. The van der Waals surface area contributed by atoms with Crippen LogP contribution in [0.1, 0.15) is 30.7 Å². The Morgan fingerprint density at radius 1 is 1.31 bits per heavy atom. The Kier molecular flexibility index (Phi) is 5.19. The number of hydrogen-bond donors (Lipinski definition) is 1. The molecule has 1 N–H and O–H groups in total. The Balaban J connectivity index is 2.49. The molecule has 1 rings (SSSR count). The summed E-state index contributed by atoms with van der Waals surface area (Å²) in [5.74, 6) is 0.913. The number of aromatic nitrogens is 2. The second-order valence-corrected chi connectivity index (χ2v) is 4.05. The molecule has 0 saturated carbocycles. The molecule has 1 heterocycles. The molecule has 0 unspecified atom stereocenters. The Morgan fingerprint density at radius 2 is 1.94 bits per heavy atom. The summed E-state index contributed by atoms with van der Waals surface area (Å²) >= 11 is 5.53. The predicted molar refractivity (Wildman–Crippen MR) is 64.7 cm³/mol. The highest BCUT2D eigenvalue weighted by Gasteiger charge is 2.05. The molecule has 0 atom stereocenters. The van der Waals surface area contributed by atoms with E-state index in [4.69, 9.17) is 11.6 Å². The first-order valence-electron chi connectivity index (χ1n) is 5.30. The zero-order chi connectivity index (χ0) is 12.0. The zero-order valence-corrected chi connectivity index (χ0v) is 10.3. The standard InChI is InChI=1S/C11H16ClN3O/c1-8-7-9(2)14-11(13-8)15-10(16)5-3-4-6-12/h7H,3-6H2,1-2H3,(H,13,14,15,16). The second-order valence-electron chi connectivity index (χ2n) is 3.67. The summed E-state index contributed by atoms with van der Waals surface area (Å²) in [4.78, 5) is 19.7. The lowest BCUT2D eigenvalue weighted by Crippen LogP contribution is -2.14. The molecule has 0 aliphatic rings. The molecule has 1 aromatic rings. The minimum Gasteiger partial charge on any atom is -0.295 e. The summed E-state index contributed by atoms with van der Waals surface area (Å²) in [7, 11) is 0. The number of unbranched alkanes of at least 4 members (excludes halogenated alkanes) is 1. The van der Waals surface area contributed by atoms with Crippen LogP contribution in [0.25, 0.3) is 0 Å². The van der Waals surface area contributed by atoms with E-state index in [0.717, 1.165) is 24.2 Å². The molecule has 0 fully saturated rings. The van der Waals surface area contributed by atoms with Gasteiger partial charge in [0.25, 0.3) is 0 Å². The van der Waals surface area contributed by atoms with E-state index < -0.39 is 0 Å². The number of anilines is 1. The van der Waals surface area contributed by atoms with Crippen LogP contribution in [-0.4, -0.2) is 21.8 Å². The molecule has 1 aromatic heterocycles. The molecule has 0 aliphatic carbocycles. The van der Waals surface area contributed by atoms with E-state index in [0.29, 0.717) is 18.2 Å². The van der Waals surface area contributed by atoms with Gasteiger partial charge in [-0.05, 0) is 32.8 Å². The van der Waals surface area contributed by atoms with Crippen molar-refractivity contribution in [1.29, 1.82) is 0 Å². The van der Waals surface area contributed by atoms with Crippen LogP contribution in [0.3, 0.4) is 0 Å². The molecule has 1 amide bonds. The molecule has 0 aromatic carbocycles. The van der Waals surface area contributed by atoms with Crippen LogP contribution in [0.2, 0.25) is 0 Å². The van der Waals surface area contributed by atoms with Crippen LogP contribution in [0.15, 0.2) is 6.07 Å². The first-order valence-corrected chi connectivity index (χ1v) is 5.83. The quantitative estimate of drug-likeness (QED) is 0.636. The Labute approximate surface area is 100 Å². The average Bonchev–Trinajstić information content (AvgIpc) is 2.16. The number of nitrogens with one attached hydrogen (secondary N) is 1. The number of carbonyl (C=O) groups is 1. The van der Waals surface area contributed by atoms with Gasteiger partial charge in [0.15, 0.2) is 0 Å². The largest absolute Gasteiger partial charge is 0.295 e. The first kappa shape index (κ1) is 12.9. The number of hydrogen-bond acceptors (Lipinski definition) is 3. The Hall–Kier alpha value is -1.16. The van der Waals surface area contributed by atoms with Gasteiger partial charge in [-0.1, -0.05) is 0 Å². The summed E-state index contributed by atoms with van der Waals surface area (Å²) in [5.41, 5.74) is 1.70. The Morgan fingerprint density at radius 3 is 2.50 bits per heavy atom. The van der Waals surface area contributed by atoms with Gasteiger partial charge in [0.05, 0.1) is 0 Å². The maximum Gasteiger partial charge on any atom is 0.229 e. The fourth-order valence-corrected chi connectivity index (χ4v) is 1.54. The number of halogens is 1. The van der Waals surface area contributed by atoms with Crippen molar-refractivity contribution in [2.45, 2.75) is 33.1 Å². The first-order chi connectivity index (χ1) is 7.61. The molecule has 0 spiro atoms. The van der Waals surface area contributed by atoms with E-state index in [9.17, 15) is 4.79 Å². The zero-order valence-electron chi connectivity index (χ0n) is 9.59. The van der Waals surface area contributed by atoms with Crippen molar-refractivity contribution in [2.24, 2.45) is 0 Å². The number of aryl methyl sites for hydroxylation is 2. The van der Waals surface area contributed by atoms with Gasteiger partial charge < -0.3 is 0 Å². The number of amides is 1. The Bertz CT molecular complexity index is 348. The topological polar surface area (TPSA) is 54.9 Å². The maximum atomic E-state index is 11.5. The smallest absolute Gasteiger partial charge is 0.229 e. The van der Waals surface area contributed by atoms with Gasteiger partial charge in [0.2, 0.25) is 11.9 Å². The van der Waals surface area contributed by atoms with Gasteiger partial charge in [0.1, 0.15) is 0 Å². The minimum absolute atomic E-state index is 0.0601.